The van der Waals surface area contributed by atoms with E-state index in [1.165, 1.54) is 0 Å². The molecule has 1 aliphatic carbocycles. The van der Waals surface area contributed by atoms with Gasteiger partial charge in [-0.05, 0) is 78.8 Å². The van der Waals surface area contributed by atoms with Gasteiger partial charge < -0.3 is 9.80 Å². The number of aryl methyl sites for hydroxylation is 1. The van der Waals surface area contributed by atoms with Crippen LogP contribution in [0.25, 0.3) is 11.1 Å². The molecule has 0 spiro atoms. The van der Waals surface area contributed by atoms with Crippen LogP contribution in [0.1, 0.15) is 24.8 Å². The number of anilines is 3. The van der Waals surface area contributed by atoms with E-state index in [1.807, 2.05) is 60.3 Å². The predicted octanol–water partition coefficient (Wildman–Crippen LogP) is 4.91. The van der Waals surface area contributed by atoms with Crippen molar-refractivity contribution < 1.29 is 13.2 Å². The molecule has 2 aliphatic rings. The second-order valence-electron chi connectivity index (χ2n) is 9.29. The zero-order chi connectivity index (χ0) is 23.9. The van der Waals surface area contributed by atoms with Crippen LogP contribution in [0, 0.1) is 5.92 Å². The topological polar surface area (TPSA) is 69.7 Å². The second kappa shape index (κ2) is 8.80. The van der Waals surface area contributed by atoms with E-state index in [1.54, 1.807) is 24.3 Å². The van der Waals surface area contributed by atoms with Gasteiger partial charge in [0.15, 0.2) is 0 Å². The Hall–Kier alpha value is -3.32. The molecule has 0 radical (unpaired) electrons. The largest absolute Gasteiger partial charge is 0.378 e. The molecule has 1 fully saturated rings. The Kier molecular flexibility index (Phi) is 5.81. The first-order valence-corrected chi connectivity index (χ1v) is 13.1. The van der Waals surface area contributed by atoms with Gasteiger partial charge in [0.2, 0.25) is 5.91 Å². The number of nitrogens with zero attached hydrogens (tertiary/aromatic N) is 2. The van der Waals surface area contributed by atoms with Gasteiger partial charge in [0.1, 0.15) is 0 Å². The molecule has 0 saturated heterocycles. The maximum atomic E-state index is 13.1. The van der Waals surface area contributed by atoms with Crippen molar-refractivity contribution in [2.24, 2.45) is 5.92 Å². The summed E-state index contributed by atoms with van der Waals surface area (Å²) in [5, 5.41) is 0. The molecule has 1 heterocycles. The molecule has 34 heavy (non-hydrogen) atoms. The van der Waals surface area contributed by atoms with Gasteiger partial charge in [0.05, 0.1) is 10.6 Å². The van der Waals surface area contributed by atoms with Crippen LogP contribution < -0.4 is 14.5 Å². The number of hydrogen-bond acceptors (Lipinski definition) is 4. The van der Waals surface area contributed by atoms with Gasteiger partial charge in [0, 0.05) is 37.9 Å². The Morgan fingerprint density at radius 2 is 1.74 bits per heavy atom. The fourth-order valence-corrected chi connectivity index (χ4v) is 5.47. The fraction of sp³-hybridized carbons (Fsp3) is 0.296. The number of carbonyl (C=O) groups excluding carboxylic acids is 1. The number of rotatable bonds is 6. The molecular formula is C27H29N3O3S. The minimum atomic E-state index is -3.76. The quantitative estimate of drug-likeness (QED) is 0.550. The first-order chi connectivity index (χ1) is 16.3. The summed E-state index contributed by atoms with van der Waals surface area (Å²) in [6, 6.07) is 20.5. The Morgan fingerprint density at radius 3 is 2.44 bits per heavy atom. The SMILES string of the molecule is CN(C)c1cccc(-c2ccc(S(=O)(=O)Nc3ccc4c(c3)N(C(=O)C3CC3)CCC4)cc2)c1. The van der Waals surface area contributed by atoms with Crippen molar-refractivity contribution in [3.63, 3.8) is 0 Å². The molecule has 1 aliphatic heterocycles. The van der Waals surface area contributed by atoms with Crippen LogP contribution in [0.15, 0.2) is 71.6 Å². The summed E-state index contributed by atoms with van der Waals surface area (Å²) >= 11 is 0. The molecule has 1 N–H and O–H groups in total. The maximum absolute atomic E-state index is 13.1. The van der Waals surface area contributed by atoms with E-state index in [4.69, 9.17) is 0 Å². The number of amides is 1. The summed E-state index contributed by atoms with van der Waals surface area (Å²) in [5.74, 6) is 0.290. The molecule has 6 nitrogen and oxygen atoms in total. The monoisotopic (exact) mass is 475 g/mol. The van der Waals surface area contributed by atoms with E-state index in [2.05, 4.69) is 10.8 Å². The first-order valence-electron chi connectivity index (χ1n) is 11.7. The Labute approximate surface area is 201 Å². The highest BCUT2D eigenvalue weighted by atomic mass is 32.2. The molecule has 0 atom stereocenters. The normalized spacial score (nSPS) is 15.5. The molecule has 3 aromatic rings. The van der Waals surface area contributed by atoms with Gasteiger partial charge in [-0.1, -0.05) is 30.3 Å². The number of benzene rings is 3. The molecule has 0 aromatic heterocycles. The fourth-order valence-electron chi connectivity index (χ4n) is 4.42. The van der Waals surface area contributed by atoms with Crippen LogP contribution in [-0.4, -0.2) is 35.0 Å². The number of fused-ring (bicyclic) bond motifs is 1. The van der Waals surface area contributed by atoms with E-state index in [-0.39, 0.29) is 16.7 Å². The van der Waals surface area contributed by atoms with E-state index in [0.717, 1.165) is 53.7 Å². The highest BCUT2D eigenvalue weighted by Crippen LogP contribution is 2.37. The lowest BCUT2D eigenvalue weighted by Gasteiger charge is -2.30. The summed E-state index contributed by atoms with van der Waals surface area (Å²) in [6.45, 7) is 0.690. The van der Waals surface area contributed by atoms with Gasteiger partial charge in [0.25, 0.3) is 10.0 Å². The van der Waals surface area contributed by atoms with E-state index >= 15 is 0 Å². The molecule has 1 saturated carbocycles. The van der Waals surface area contributed by atoms with Gasteiger partial charge in [-0.25, -0.2) is 8.42 Å². The molecule has 0 bridgehead atoms. The van der Waals surface area contributed by atoms with Crippen molar-refractivity contribution >= 4 is 33.0 Å². The van der Waals surface area contributed by atoms with Crippen LogP contribution in [0.2, 0.25) is 0 Å². The lowest BCUT2D eigenvalue weighted by molar-refractivity contribution is -0.119. The van der Waals surface area contributed by atoms with Crippen LogP contribution >= 0.6 is 0 Å². The van der Waals surface area contributed by atoms with E-state index < -0.39 is 10.0 Å². The Balaban J connectivity index is 1.37. The van der Waals surface area contributed by atoms with Crippen molar-refractivity contribution in [2.45, 2.75) is 30.6 Å². The molecule has 176 valence electrons. The van der Waals surface area contributed by atoms with Crippen molar-refractivity contribution in [1.29, 1.82) is 0 Å². The zero-order valence-corrected chi connectivity index (χ0v) is 20.3. The summed E-state index contributed by atoms with van der Waals surface area (Å²) in [6.07, 6.45) is 3.73. The van der Waals surface area contributed by atoms with Gasteiger partial charge in [-0.2, -0.15) is 0 Å². The molecule has 3 aromatic carbocycles. The van der Waals surface area contributed by atoms with Gasteiger partial charge in [-0.3, -0.25) is 9.52 Å². The molecule has 5 rings (SSSR count). The summed E-state index contributed by atoms with van der Waals surface area (Å²) in [4.78, 5) is 16.8. The number of hydrogen-bond donors (Lipinski definition) is 1. The van der Waals surface area contributed by atoms with E-state index in [0.29, 0.717) is 12.2 Å². The van der Waals surface area contributed by atoms with Crippen LogP contribution in [0.5, 0.6) is 0 Å². The Morgan fingerprint density at radius 1 is 0.971 bits per heavy atom. The number of sulfonamides is 1. The highest BCUT2D eigenvalue weighted by molar-refractivity contribution is 7.92. The molecule has 1 amide bonds. The second-order valence-corrected chi connectivity index (χ2v) is 11.0. The minimum Gasteiger partial charge on any atom is -0.378 e. The lowest BCUT2D eigenvalue weighted by Crippen LogP contribution is -2.36. The standard InChI is InChI=1S/C27H29N3O3S/c1-29(2)24-7-3-5-22(17-24)19-11-14-25(15-12-19)34(32,33)28-23-13-10-20-6-4-16-30(26(20)18-23)27(31)21-8-9-21/h3,5,7,10-15,17-18,21,28H,4,6,8-9,16H2,1-2H3. The van der Waals surface area contributed by atoms with Crippen molar-refractivity contribution in [1.82, 2.24) is 0 Å². The van der Waals surface area contributed by atoms with Crippen LogP contribution in [0.3, 0.4) is 0 Å². The number of carbonyl (C=O) groups is 1. The summed E-state index contributed by atoms with van der Waals surface area (Å²) in [5.41, 5.74) is 5.45. The van der Waals surface area contributed by atoms with Crippen molar-refractivity contribution in [3.05, 3.63) is 72.3 Å². The average Bonchev–Trinajstić information content (AvgIpc) is 3.69. The zero-order valence-electron chi connectivity index (χ0n) is 19.5. The Bertz CT molecular complexity index is 1330. The first kappa shape index (κ1) is 22.5. The predicted molar refractivity (Wildman–Crippen MR) is 137 cm³/mol. The highest BCUT2D eigenvalue weighted by Gasteiger charge is 2.35. The van der Waals surface area contributed by atoms with Crippen molar-refractivity contribution in [2.75, 3.05) is 35.2 Å². The average molecular weight is 476 g/mol. The van der Waals surface area contributed by atoms with E-state index in [9.17, 15) is 13.2 Å². The molecule has 0 unspecified atom stereocenters. The maximum Gasteiger partial charge on any atom is 0.261 e. The summed E-state index contributed by atoms with van der Waals surface area (Å²) < 4.78 is 28.9. The van der Waals surface area contributed by atoms with Gasteiger partial charge >= 0.3 is 0 Å². The van der Waals surface area contributed by atoms with Crippen LogP contribution in [-0.2, 0) is 21.2 Å². The summed E-state index contributed by atoms with van der Waals surface area (Å²) in [7, 11) is 0.213. The lowest BCUT2D eigenvalue weighted by atomic mass is 10.0. The van der Waals surface area contributed by atoms with Crippen LogP contribution in [0.4, 0.5) is 17.1 Å². The molecule has 7 heteroatoms. The van der Waals surface area contributed by atoms with Crippen molar-refractivity contribution in [3.8, 4) is 11.1 Å². The smallest absolute Gasteiger partial charge is 0.261 e. The minimum absolute atomic E-state index is 0.128. The molecular weight excluding hydrogens is 446 g/mol. The van der Waals surface area contributed by atoms with Gasteiger partial charge in [-0.15, -0.1) is 0 Å². The number of nitrogens with one attached hydrogen (secondary N) is 1. The third kappa shape index (κ3) is 4.53. The third-order valence-electron chi connectivity index (χ3n) is 6.51. The third-order valence-corrected chi connectivity index (χ3v) is 7.91.